The van der Waals surface area contributed by atoms with Crippen molar-refractivity contribution in [2.45, 2.75) is 25.5 Å². The minimum atomic E-state index is -0.623. The van der Waals surface area contributed by atoms with E-state index >= 15 is 0 Å². The molecule has 5 nitrogen and oxygen atoms in total. The summed E-state index contributed by atoms with van der Waals surface area (Å²) in [5.74, 6) is 0.852. The molecular weight excluding hydrogens is 256 g/mol. The van der Waals surface area contributed by atoms with Gasteiger partial charge in [0.25, 0.3) is 0 Å². The molecular formula is C15H18N2O3. The first kappa shape index (κ1) is 13.0. The highest BCUT2D eigenvalue weighted by Crippen LogP contribution is 2.25. The number of likely N-dealkylation sites (tertiary alicyclic amines) is 1. The Bertz CT molecular complexity index is 635. The Kier molecular flexibility index (Phi) is 3.36. The maximum atomic E-state index is 11.6. The molecule has 2 N–H and O–H groups in total. The smallest absolute Gasteiger partial charge is 0.224 e. The number of aromatic amines is 1. The van der Waals surface area contributed by atoms with E-state index in [0.717, 1.165) is 28.6 Å². The van der Waals surface area contributed by atoms with Crippen molar-refractivity contribution in [2.75, 3.05) is 13.7 Å². The average Bonchev–Trinajstić information content (AvgIpc) is 3.00. The summed E-state index contributed by atoms with van der Waals surface area (Å²) in [7, 11) is 1.65. The van der Waals surface area contributed by atoms with E-state index in [-0.39, 0.29) is 5.91 Å². The SMILES string of the molecule is COc1ccc2[nH]cc(CCN3C(=O)CCC3O)c2c1. The highest BCUT2D eigenvalue weighted by atomic mass is 16.5. The Morgan fingerprint density at radius 3 is 3.05 bits per heavy atom. The lowest BCUT2D eigenvalue weighted by atomic mass is 10.1. The number of aromatic nitrogens is 1. The van der Waals surface area contributed by atoms with E-state index in [2.05, 4.69) is 4.98 Å². The molecule has 0 saturated carbocycles. The van der Waals surface area contributed by atoms with Gasteiger partial charge in [-0.2, -0.15) is 0 Å². The van der Waals surface area contributed by atoms with Gasteiger partial charge in [0.05, 0.1) is 7.11 Å². The van der Waals surface area contributed by atoms with Gasteiger partial charge in [0.2, 0.25) is 5.91 Å². The van der Waals surface area contributed by atoms with Crippen molar-refractivity contribution in [3.05, 3.63) is 30.0 Å². The maximum absolute atomic E-state index is 11.6. The molecule has 3 rings (SSSR count). The van der Waals surface area contributed by atoms with Crippen molar-refractivity contribution >= 4 is 16.8 Å². The van der Waals surface area contributed by atoms with Crippen LogP contribution in [-0.4, -0.2) is 40.8 Å². The van der Waals surface area contributed by atoms with Gasteiger partial charge in [0.15, 0.2) is 0 Å². The van der Waals surface area contributed by atoms with Crippen molar-refractivity contribution in [3.8, 4) is 5.75 Å². The first-order valence-corrected chi connectivity index (χ1v) is 6.80. The van der Waals surface area contributed by atoms with Crippen LogP contribution in [-0.2, 0) is 11.2 Å². The summed E-state index contributed by atoms with van der Waals surface area (Å²) >= 11 is 0. The molecule has 1 saturated heterocycles. The summed E-state index contributed by atoms with van der Waals surface area (Å²) < 4.78 is 5.24. The van der Waals surface area contributed by atoms with Gasteiger partial charge in [0, 0.05) is 36.5 Å². The summed E-state index contributed by atoms with van der Waals surface area (Å²) in [6, 6.07) is 5.88. The van der Waals surface area contributed by atoms with E-state index in [1.807, 2.05) is 24.4 Å². The number of hydrogen-bond donors (Lipinski definition) is 2. The number of ether oxygens (including phenoxy) is 1. The zero-order valence-corrected chi connectivity index (χ0v) is 11.4. The van der Waals surface area contributed by atoms with Crippen LogP contribution in [0, 0.1) is 0 Å². The van der Waals surface area contributed by atoms with Gasteiger partial charge in [-0.25, -0.2) is 0 Å². The lowest BCUT2D eigenvalue weighted by Gasteiger charge is -2.20. The molecule has 1 unspecified atom stereocenters. The fourth-order valence-electron chi connectivity index (χ4n) is 2.72. The molecule has 1 atom stereocenters. The summed E-state index contributed by atoms with van der Waals surface area (Å²) in [4.78, 5) is 16.4. The van der Waals surface area contributed by atoms with Gasteiger partial charge in [-0.3, -0.25) is 4.79 Å². The largest absolute Gasteiger partial charge is 0.497 e. The Hall–Kier alpha value is -2.01. The maximum Gasteiger partial charge on any atom is 0.224 e. The van der Waals surface area contributed by atoms with Crippen LogP contribution in [0.25, 0.3) is 10.9 Å². The summed E-state index contributed by atoms with van der Waals surface area (Å²) in [6.45, 7) is 0.546. The van der Waals surface area contributed by atoms with Crippen LogP contribution in [0.2, 0.25) is 0 Å². The Balaban J connectivity index is 1.79. The molecule has 2 heterocycles. The predicted octanol–water partition coefficient (Wildman–Crippen LogP) is 1.66. The average molecular weight is 274 g/mol. The standard InChI is InChI=1S/C15H18N2O3/c1-20-11-2-3-13-12(8-11)10(9-16-13)6-7-17-14(18)4-5-15(17)19/h2-3,8-9,14,16,18H,4-7H2,1H3. The topological polar surface area (TPSA) is 65.6 Å². The number of nitrogens with one attached hydrogen (secondary N) is 1. The first-order chi connectivity index (χ1) is 9.69. The van der Waals surface area contributed by atoms with Crippen LogP contribution >= 0.6 is 0 Å². The quantitative estimate of drug-likeness (QED) is 0.891. The molecule has 0 aliphatic carbocycles. The second kappa shape index (κ2) is 5.17. The molecule has 1 amide bonds. The van der Waals surface area contributed by atoms with Crippen molar-refractivity contribution in [1.29, 1.82) is 0 Å². The summed E-state index contributed by atoms with van der Waals surface area (Å²) in [6.07, 6.45) is 3.04. The molecule has 0 spiro atoms. The number of nitrogens with zero attached hydrogens (tertiary/aromatic N) is 1. The third-order valence-corrected chi connectivity index (χ3v) is 3.89. The second-order valence-corrected chi connectivity index (χ2v) is 5.08. The molecule has 1 aromatic carbocycles. The van der Waals surface area contributed by atoms with Crippen LogP contribution in [0.3, 0.4) is 0 Å². The third-order valence-electron chi connectivity index (χ3n) is 3.89. The number of fused-ring (bicyclic) bond motifs is 1. The highest BCUT2D eigenvalue weighted by molar-refractivity contribution is 5.84. The van der Waals surface area contributed by atoms with E-state index in [1.165, 1.54) is 0 Å². The van der Waals surface area contributed by atoms with Gasteiger partial charge in [-0.05, 0) is 30.2 Å². The molecule has 20 heavy (non-hydrogen) atoms. The molecule has 2 aromatic rings. The number of amides is 1. The number of aliphatic hydroxyl groups excluding tert-OH is 1. The number of H-pyrrole nitrogens is 1. The summed E-state index contributed by atoms with van der Waals surface area (Å²) in [5, 5.41) is 10.9. The van der Waals surface area contributed by atoms with Crippen molar-refractivity contribution in [1.82, 2.24) is 9.88 Å². The van der Waals surface area contributed by atoms with E-state index < -0.39 is 6.23 Å². The van der Waals surface area contributed by atoms with Crippen molar-refractivity contribution < 1.29 is 14.6 Å². The summed E-state index contributed by atoms with van der Waals surface area (Å²) in [5.41, 5.74) is 2.18. The zero-order valence-electron chi connectivity index (χ0n) is 11.4. The molecule has 5 heteroatoms. The van der Waals surface area contributed by atoms with Crippen LogP contribution < -0.4 is 4.74 Å². The highest BCUT2D eigenvalue weighted by Gasteiger charge is 2.28. The van der Waals surface area contributed by atoms with Crippen LogP contribution in [0.4, 0.5) is 0 Å². The van der Waals surface area contributed by atoms with Crippen molar-refractivity contribution in [3.63, 3.8) is 0 Å². The number of hydrogen-bond acceptors (Lipinski definition) is 3. The van der Waals surface area contributed by atoms with E-state index in [1.54, 1.807) is 12.0 Å². The lowest BCUT2D eigenvalue weighted by molar-refractivity contribution is -0.133. The van der Waals surface area contributed by atoms with Crippen LogP contribution in [0.5, 0.6) is 5.75 Å². The first-order valence-electron chi connectivity index (χ1n) is 6.80. The van der Waals surface area contributed by atoms with E-state index in [9.17, 15) is 9.90 Å². The third kappa shape index (κ3) is 2.25. The molecule has 106 valence electrons. The second-order valence-electron chi connectivity index (χ2n) is 5.08. The fraction of sp³-hybridized carbons (Fsp3) is 0.400. The molecule has 1 aliphatic rings. The number of carbonyl (C=O) groups excluding carboxylic acids is 1. The van der Waals surface area contributed by atoms with Crippen molar-refractivity contribution in [2.24, 2.45) is 0 Å². The fourth-order valence-corrected chi connectivity index (χ4v) is 2.72. The van der Waals surface area contributed by atoms with Gasteiger partial charge in [-0.1, -0.05) is 0 Å². The number of aliphatic hydroxyl groups is 1. The molecule has 0 bridgehead atoms. The monoisotopic (exact) mass is 274 g/mol. The van der Waals surface area contributed by atoms with E-state index in [0.29, 0.717) is 19.4 Å². The van der Waals surface area contributed by atoms with Crippen LogP contribution in [0.15, 0.2) is 24.4 Å². The van der Waals surface area contributed by atoms with Crippen LogP contribution in [0.1, 0.15) is 18.4 Å². The Labute approximate surface area is 117 Å². The number of methoxy groups -OCH3 is 1. The van der Waals surface area contributed by atoms with Gasteiger partial charge < -0.3 is 19.7 Å². The predicted molar refractivity (Wildman–Crippen MR) is 75.5 cm³/mol. The zero-order chi connectivity index (χ0) is 14.1. The Morgan fingerprint density at radius 2 is 2.35 bits per heavy atom. The number of benzene rings is 1. The minimum Gasteiger partial charge on any atom is -0.497 e. The molecule has 0 radical (unpaired) electrons. The van der Waals surface area contributed by atoms with Gasteiger partial charge in [0.1, 0.15) is 12.0 Å². The molecule has 1 fully saturated rings. The lowest BCUT2D eigenvalue weighted by Crippen LogP contribution is -2.34. The van der Waals surface area contributed by atoms with E-state index in [4.69, 9.17) is 4.74 Å². The molecule has 1 aliphatic heterocycles. The normalized spacial score (nSPS) is 19.0. The number of rotatable bonds is 4. The Morgan fingerprint density at radius 1 is 1.50 bits per heavy atom. The minimum absolute atomic E-state index is 0.0370. The van der Waals surface area contributed by atoms with Gasteiger partial charge >= 0.3 is 0 Å². The number of carbonyl (C=O) groups is 1. The van der Waals surface area contributed by atoms with Gasteiger partial charge in [-0.15, -0.1) is 0 Å². The molecule has 1 aromatic heterocycles.